The van der Waals surface area contributed by atoms with Gasteiger partial charge in [-0.3, -0.25) is 0 Å². The van der Waals surface area contributed by atoms with Gasteiger partial charge in [0.1, 0.15) is 0 Å². The third kappa shape index (κ3) is 4.55. The van der Waals surface area contributed by atoms with Crippen molar-refractivity contribution < 1.29 is 0 Å². The average Bonchev–Trinajstić information content (AvgIpc) is 2.42. The minimum absolute atomic E-state index is 0.489. The fourth-order valence-electron chi connectivity index (χ4n) is 3.73. The van der Waals surface area contributed by atoms with Crippen molar-refractivity contribution in [3.8, 4) is 0 Å². The van der Waals surface area contributed by atoms with Crippen LogP contribution in [0.25, 0.3) is 0 Å². The number of nitrogens with two attached hydrogens (primary N) is 2. The van der Waals surface area contributed by atoms with Crippen molar-refractivity contribution in [2.24, 2.45) is 29.2 Å². The first kappa shape index (κ1) is 16.0. The second-order valence-corrected chi connectivity index (χ2v) is 6.21. The van der Waals surface area contributed by atoms with Gasteiger partial charge in [0.05, 0.1) is 0 Å². The van der Waals surface area contributed by atoms with Crippen LogP contribution in [0, 0.1) is 17.8 Å². The number of rotatable bonds is 2. The van der Waals surface area contributed by atoms with Crippen LogP contribution in [-0.4, -0.2) is 12.1 Å². The molecule has 0 aliphatic heterocycles. The van der Waals surface area contributed by atoms with Crippen LogP contribution >= 0.6 is 0 Å². The fraction of sp³-hybridized carbons (Fsp3) is 1.00. The minimum Gasteiger partial charge on any atom is -0.328 e. The molecule has 0 saturated heterocycles. The van der Waals surface area contributed by atoms with Gasteiger partial charge in [-0.25, -0.2) is 0 Å². The third-order valence-electron chi connectivity index (χ3n) is 5.12. The standard InChI is InChI=1S/C14H28N2.C2H6/c1-10(11-2-6-13(15)7-3-11)12-4-8-14(16)9-5-12;1-2/h10-14H,2-9,15-16H2,1H3;1-2H3. The zero-order chi connectivity index (χ0) is 13.5. The van der Waals surface area contributed by atoms with Gasteiger partial charge in [-0.2, -0.15) is 0 Å². The lowest BCUT2D eigenvalue weighted by molar-refractivity contribution is 0.147. The van der Waals surface area contributed by atoms with E-state index in [1.54, 1.807) is 0 Å². The van der Waals surface area contributed by atoms with E-state index in [2.05, 4.69) is 6.92 Å². The van der Waals surface area contributed by atoms with Gasteiger partial charge in [0, 0.05) is 12.1 Å². The molecule has 108 valence electrons. The average molecular weight is 254 g/mol. The Labute approximate surface area is 114 Å². The molecule has 2 saturated carbocycles. The van der Waals surface area contributed by atoms with Crippen LogP contribution in [0.3, 0.4) is 0 Å². The first-order valence-electron chi connectivity index (χ1n) is 8.18. The summed E-state index contributed by atoms with van der Waals surface area (Å²) in [6.45, 7) is 6.48. The predicted octanol–water partition coefficient (Wildman–Crippen LogP) is 3.68. The first-order valence-corrected chi connectivity index (χ1v) is 8.18. The molecule has 0 amide bonds. The smallest absolute Gasteiger partial charge is 0.00390 e. The molecule has 0 heterocycles. The summed E-state index contributed by atoms with van der Waals surface area (Å²) in [4.78, 5) is 0. The molecule has 0 spiro atoms. The summed E-state index contributed by atoms with van der Waals surface area (Å²) in [5.41, 5.74) is 12.0. The number of hydrogen-bond donors (Lipinski definition) is 2. The molecule has 0 atom stereocenters. The van der Waals surface area contributed by atoms with E-state index in [1.165, 1.54) is 51.4 Å². The lowest BCUT2D eigenvalue weighted by atomic mass is 9.69. The number of hydrogen-bond acceptors (Lipinski definition) is 2. The highest BCUT2D eigenvalue weighted by Crippen LogP contribution is 2.39. The molecule has 0 bridgehead atoms. The SMILES string of the molecule is CC.CC(C1CCC(N)CC1)C1CCC(N)CC1. The highest BCUT2D eigenvalue weighted by Gasteiger charge is 2.30. The van der Waals surface area contributed by atoms with Gasteiger partial charge < -0.3 is 11.5 Å². The maximum absolute atomic E-state index is 5.98. The second kappa shape index (κ2) is 8.16. The largest absolute Gasteiger partial charge is 0.328 e. The van der Waals surface area contributed by atoms with E-state index in [0.29, 0.717) is 12.1 Å². The highest BCUT2D eigenvalue weighted by atomic mass is 14.6. The van der Waals surface area contributed by atoms with Gasteiger partial charge in [0.15, 0.2) is 0 Å². The van der Waals surface area contributed by atoms with Crippen molar-refractivity contribution in [2.75, 3.05) is 0 Å². The summed E-state index contributed by atoms with van der Waals surface area (Å²) in [5, 5.41) is 0. The normalized spacial score (nSPS) is 38.5. The van der Waals surface area contributed by atoms with E-state index in [4.69, 9.17) is 11.5 Å². The maximum atomic E-state index is 5.98. The Morgan fingerprint density at radius 1 is 0.667 bits per heavy atom. The Morgan fingerprint density at radius 2 is 0.944 bits per heavy atom. The molecule has 0 aromatic rings. The van der Waals surface area contributed by atoms with Crippen molar-refractivity contribution in [2.45, 2.75) is 84.2 Å². The van der Waals surface area contributed by atoms with Crippen LogP contribution in [0.5, 0.6) is 0 Å². The van der Waals surface area contributed by atoms with Gasteiger partial charge in [-0.15, -0.1) is 0 Å². The van der Waals surface area contributed by atoms with E-state index in [0.717, 1.165) is 17.8 Å². The van der Waals surface area contributed by atoms with Crippen LogP contribution in [0.4, 0.5) is 0 Å². The molecule has 2 nitrogen and oxygen atoms in total. The predicted molar refractivity (Wildman–Crippen MR) is 80.4 cm³/mol. The fourth-order valence-corrected chi connectivity index (χ4v) is 3.73. The summed E-state index contributed by atoms with van der Waals surface area (Å²) in [7, 11) is 0. The third-order valence-corrected chi connectivity index (χ3v) is 5.12. The molecule has 0 radical (unpaired) electrons. The first-order chi connectivity index (χ1) is 8.66. The molecule has 18 heavy (non-hydrogen) atoms. The molecule has 0 aromatic carbocycles. The summed E-state index contributed by atoms with van der Waals surface area (Å²) >= 11 is 0. The van der Waals surface area contributed by atoms with E-state index < -0.39 is 0 Å². The maximum Gasteiger partial charge on any atom is 0.00390 e. The van der Waals surface area contributed by atoms with Gasteiger partial charge in [0.2, 0.25) is 0 Å². The summed E-state index contributed by atoms with van der Waals surface area (Å²) < 4.78 is 0. The molecule has 2 rings (SSSR count). The van der Waals surface area contributed by atoms with Crippen molar-refractivity contribution in [3.05, 3.63) is 0 Å². The molecule has 2 fully saturated rings. The van der Waals surface area contributed by atoms with E-state index in [-0.39, 0.29) is 0 Å². The van der Waals surface area contributed by atoms with Crippen molar-refractivity contribution in [1.82, 2.24) is 0 Å². The quantitative estimate of drug-likeness (QED) is 0.789. The lowest BCUT2D eigenvalue weighted by Gasteiger charge is -2.38. The van der Waals surface area contributed by atoms with Crippen LogP contribution in [0.2, 0.25) is 0 Å². The molecule has 2 heteroatoms. The van der Waals surface area contributed by atoms with E-state index in [1.807, 2.05) is 13.8 Å². The lowest BCUT2D eigenvalue weighted by Crippen LogP contribution is -2.34. The minimum atomic E-state index is 0.489. The van der Waals surface area contributed by atoms with Gasteiger partial charge in [0.25, 0.3) is 0 Å². The van der Waals surface area contributed by atoms with E-state index >= 15 is 0 Å². The molecular weight excluding hydrogens is 220 g/mol. The van der Waals surface area contributed by atoms with Crippen LogP contribution in [0.1, 0.15) is 72.1 Å². The Hall–Kier alpha value is -0.0800. The highest BCUT2D eigenvalue weighted by molar-refractivity contribution is 4.84. The summed E-state index contributed by atoms with van der Waals surface area (Å²) in [6, 6.07) is 0.978. The van der Waals surface area contributed by atoms with E-state index in [9.17, 15) is 0 Å². The van der Waals surface area contributed by atoms with Crippen molar-refractivity contribution in [3.63, 3.8) is 0 Å². The van der Waals surface area contributed by atoms with Crippen LogP contribution in [-0.2, 0) is 0 Å². The topological polar surface area (TPSA) is 52.0 Å². The monoisotopic (exact) mass is 254 g/mol. The van der Waals surface area contributed by atoms with Gasteiger partial charge in [-0.05, 0) is 69.1 Å². The zero-order valence-corrected chi connectivity index (χ0v) is 12.7. The molecule has 0 aromatic heterocycles. The zero-order valence-electron chi connectivity index (χ0n) is 12.7. The van der Waals surface area contributed by atoms with Crippen LogP contribution < -0.4 is 11.5 Å². The van der Waals surface area contributed by atoms with Crippen molar-refractivity contribution in [1.29, 1.82) is 0 Å². The Balaban J connectivity index is 0.000000771. The molecule has 4 N–H and O–H groups in total. The second-order valence-electron chi connectivity index (χ2n) is 6.21. The summed E-state index contributed by atoms with van der Waals surface area (Å²) in [6.07, 6.45) is 10.5. The Bertz CT molecular complexity index is 179. The molecule has 0 unspecified atom stereocenters. The van der Waals surface area contributed by atoms with Gasteiger partial charge in [-0.1, -0.05) is 20.8 Å². The molecule has 2 aliphatic carbocycles. The summed E-state index contributed by atoms with van der Waals surface area (Å²) in [5.74, 6) is 2.79. The van der Waals surface area contributed by atoms with Crippen molar-refractivity contribution >= 4 is 0 Å². The molecular formula is C16H34N2. The van der Waals surface area contributed by atoms with Crippen LogP contribution in [0.15, 0.2) is 0 Å². The van der Waals surface area contributed by atoms with Gasteiger partial charge >= 0.3 is 0 Å². The Kier molecular flexibility index (Phi) is 7.25. The Morgan fingerprint density at radius 3 is 1.22 bits per heavy atom. The molecule has 2 aliphatic rings.